The van der Waals surface area contributed by atoms with Crippen molar-refractivity contribution in [1.82, 2.24) is 5.32 Å². The predicted octanol–water partition coefficient (Wildman–Crippen LogP) is 7.62. The number of thiophene rings is 1. The lowest BCUT2D eigenvalue weighted by Gasteiger charge is -2.22. The average Bonchev–Trinajstić information content (AvgIpc) is 3.40. The molecular weight excluding hydrogens is 648 g/mol. The van der Waals surface area contributed by atoms with E-state index in [1.54, 1.807) is 65.8 Å². The molecule has 4 amide bonds. The molecule has 0 unspecified atom stereocenters. The van der Waals surface area contributed by atoms with Gasteiger partial charge in [0.1, 0.15) is 17.8 Å². The van der Waals surface area contributed by atoms with Crippen molar-refractivity contribution in [3.8, 4) is 0 Å². The molecule has 0 radical (unpaired) electrons. The number of ether oxygens (including phenoxy) is 3. The molecule has 0 aliphatic rings. The summed E-state index contributed by atoms with van der Waals surface area (Å²) in [6, 6.07) is 12.0. The molecule has 3 aromatic rings. The van der Waals surface area contributed by atoms with Crippen LogP contribution in [0.1, 0.15) is 77.5 Å². The number of esters is 1. The fraction of sp³-hybridized carbons (Fsp3) is 0.303. The van der Waals surface area contributed by atoms with Gasteiger partial charge in [-0.1, -0.05) is 36.4 Å². The van der Waals surface area contributed by atoms with Crippen molar-refractivity contribution in [3.63, 3.8) is 0 Å². The molecule has 1 aromatic heterocycles. The Balaban J connectivity index is 1.97. The number of benzene rings is 2. The Hall–Kier alpha value is -4.88. The minimum absolute atomic E-state index is 0.0279. The molecule has 0 atom stereocenters. The minimum atomic E-state index is -0.866. The van der Waals surface area contributed by atoms with Crippen LogP contribution in [0.2, 0.25) is 4.34 Å². The van der Waals surface area contributed by atoms with Crippen LogP contribution in [0.3, 0.4) is 0 Å². The van der Waals surface area contributed by atoms with E-state index in [1.807, 2.05) is 0 Å². The summed E-state index contributed by atoms with van der Waals surface area (Å²) in [5.41, 5.74) is -0.874. The Labute approximate surface area is 281 Å². The molecule has 3 rings (SSSR count). The highest BCUT2D eigenvalue weighted by molar-refractivity contribution is 7.18. The molecule has 1 heterocycles. The van der Waals surface area contributed by atoms with Gasteiger partial charge < -0.3 is 24.8 Å². The van der Waals surface area contributed by atoms with Gasteiger partial charge in [-0.15, -0.1) is 11.3 Å². The second kappa shape index (κ2) is 15.6. The molecule has 4 N–H and O–H groups in total. The van der Waals surface area contributed by atoms with E-state index in [0.717, 1.165) is 11.3 Å². The van der Waals surface area contributed by atoms with Gasteiger partial charge in [0.2, 0.25) is 0 Å². The SMILES string of the molecule is C=CCOC(=O)Nc1cc(C(=O)Nc2c(CNC(=O)c3ccc(Cl)s3)cccc2C(=O)OC(C)(C)C)ccc1NC(=O)OC(C)(C)C. The van der Waals surface area contributed by atoms with Gasteiger partial charge in [0.05, 0.1) is 31.8 Å². The van der Waals surface area contributed by atoms with Crippen LogP contribution in [0, 0.1) is 0 Å². The number of carbonyl (C=O) groups is 5. The standard InChI is InChI=1S/C33H37ClN4O8S/c1-8-16-44-30(42)37-23-17-19(12-13-22(23)36-31(43)46-33(5,6)7)27(39)38-26-20(18-35-28(40)24-14-15-25(34)47-24)10-9-11-21(26)29(41)45-32(2,3)4/h8-15,17H,1,16,18H2,2-7H3,(H,35,40)(H,36,43)(H,37,42)(H,38,39). The number of halogens is 1. The van der Waals surface area contributed by atoms with Crippen LogP contribution in [-0.4, -0.2) is 47.8 Å². The monoisotopic (exact) mass is 684 g/mol. The normalized spacial score (nSPS) is 11.1. The zero-order valence-electron chi connectivity index (χ0n) is 26.9. The summed E-state index contributed by atoms with van der Waals surface area (Å²) >= 11 is 7.08. The molecule has 0 aliphatic carbocycles. The second-order valence-corrected chi connectivity index (χ2v) is 13.7. The number of carbonyl (C=O) groups excluding carboxylic acids is 5. The van der Waals surface area contributed by atoms with Crippen LogP contribution >= 0.6 is 22.9 Å². The maximum Gasteiger partial charge on any atom is 0.412 e. The third-order valence-electron chi connectivity index (χ3n) is 5.73. The molecule has 0 spiro atoms. The molecule has 0 saturated heterocycles. The lowest BCUT2D eigenvalue weighted by molar-refractivity contribution is 0.00702. The van der Waals surface area contributed by atoms with Gasteiger partial charge in [-0.25, -0.2) is 14.4 Å². The maximum atomic E-state index is 13.7. The van der Waals surface area contributed by atoms with Crippen LogP contribution in [0.15, 0.2) is 61.2 Å². The number of anilines is 3. The molecule has 0 aliphatic heterocycles. The van der Waals surface area contributed by atoms with E-state index in [1.165, 1.54) is 30.3 Å². The van der Waals surface area contributed by atoms with Gasteiger partial charge >= 0.3 is 18.2 Å². The number of amides is 4. The first-order valence-corrected chi connectivity index (χ1v) is 15.5. The minimum Gasteiger partial charge on any atom is -0.456 e. The summed E-state index contributed by atoms with van der Waals surface area (Å²) in [5, 5.41) is 10.6. The van der Waals surface area contributed by atoms with Gasteiger partial charge in [0.25, 0.3) is 11.8 Å². The summed E-state index contributed by atoms with van der Waals surface area (Å²) in [6.45, 7) is 13.6. The van der Waals surface area contributed by atoms with Crippen LogP contribution in [0.4, 0.5) is 26.7 Å². The van der Waals surface area contributed by atoms with E-state index in [0.29, 0.717) is 14.8 Å². The third kappa shape index (κ3) is 11.5. The summed E-state index contributed by atoms with van der Waals surface area (Å²) in [6.07, 6.45) is -0.281. The Morgan fingerprint density at radius 3 is 2.13 bits per heavy atom. The molecule has 14 heteroatoms. The highest BCUT2D eigenvalue weighted by Gasteiger charge is 2.25. The Morgan fingerprint density at radius 1 is 0.830 bits per heavy atom. The van der Waals surface area contributed by atoms with E-state index in [9.17, 15) is 24.0 Å². The smallest absolute Gasteiger partial charge is 0.412 e. The molecule has 0 fully saturated rings. The fourth-order valence-electron chi connectivity index (χ4n) is 3.88. The number of hydrogen-bond donors (Lipinski definition) is 4. The van der Waals surface area contributed by atoms with E-state index < -0.39 is 41.2 Å². The first-order valence-electron chi connectivity index (χ1n) is 14.3. The highest BCUT2D eigenvalue weighted by Crippen LogP contribution is 2.29. The quantitative estimate of drug-likeness (QED) is 0.0963. The summed E-state index contributed by atoms with van der Waals surface area (Å²) in [5.74, 6) is -1.77. The van der Waals surface area contributed by atoms with Crippen LogP contribution in [0.25, 0.3) is 0 Å². The van der Waals surface area contributed by atoms with Crippen molar-refractivity contribution in [2.75, 3.05) is 22.6 Å². The maximum absolute atomic E-state index is 13.7. The molecule has 47 heavy (non-hydrogen) atoms. The number of nitrogens with one attached hydrogen (secondary N) is 4. The molecule has 2 aromatic carbocycles. The molecular formula is C33H37ClN4O8S. The van der Waals surface area contributed by atoms with E-state index in [-0.39, 0.29) is 41.3 Å². The summed E-state index contributed by atoms with van der Waals surface area (Å²) in [4.78, 5) is 64.9. The summed E-state index contributed by atoms with van der Waals surface area (Å²) < 4.78 is 16.3. The Kier molecular flexibility index (Phi) is 12.1. The van der Waals surface area contributed by atoms with Gasteiger partial charge in [-0.2, -0.15) is 0 Å². The van der Waals surface area contributed by atoms with E-state index >= 15 is 0 Å². The fourth-order valence-corrected chi connectivity index (χ4v) is 4.83. The lowest BCUT2D eigenvalue weighted by Crippen LogP contribution is -2.28. The van der Waals surface area contributed by atoms with E-state index in [2.05, 4.69) is 27.8 Å². The first-order chi connectivity index (χ1) is 22.0. The van der Waals surface area contributed by atoms with Gasteiger partial charge in [-0.3, -0.25) is 20.2 Å². The number of para-hydroxylation sites is 1. The number of hydrogen-bond acceptors (Lipinski definition) is 9. The lowest BCUT2D eigenvalue weighted by atomic mass is 10.0. The van der Waals surface area contributed by atoms with Crippen molar-refractivity contribution in [3.05, 3.63) is 87.1 Å². The van der Waals surface area contributed by atoms with Gasteiger partial charge in [0, 0.05) is 12.1 Å². The first kappa shape index (κ1) is 36.6. The molecule has 250 valence electrons. The van der Waals surface area contributed by atoms with Crippen LogP contribution in [-0.2, 0) is 20.8 Å². The Bertz CT molecular complexity index is 1670. The van der Waals surface area contributed by atoms with Gasteiger partial charge in [0.15, 0.2) is 0 Å². The number of rotatable bonds is 10. The second-order valence-electron chi connectivity index (χ2n) is 12.0. The zero-order chi connectivity index (χ0) is 34.9. The van der Waals surface area contributed by atoms with Crippen molar-refractivity contribution >= 4 is 70.0 Å². The van der Waals surface area contributed by atoms with Crippen molar-refractivity contribution in [2.45, 2.75) is 59.3 Å². The van der Waals surface area contributed by atoms with Crippen LogP contribution in [0.5, 0.6) is 0 Å². The Morgan fingerprint density at radius 2 is 1.51 bits per heavy atom. The van der Waals surface area contributed by atoms with Crippen LogP contribution < -0.4 is 21.3 Å². The van der Waals surface area contributed by atoms with Crippen molar-refractivity contribution in [1.29, 1.82) is 0 Å². The van der Waals surface area contributed by atoms with Crippen molar-refractivity contribution < 1.29 is 38.2 Å². The molecule has 12 nitrogen and oxygen atoms in total. The summed E-state index contributed by atoms with van der Waals surface area (Å²) in [7, 11) is 0. The zero-order valence-corrected chi connectivity index (χ0v) is 28.4. The third-order valence-corrected chi connectivity index (χ3v) is 6.96. The largest absolute Gasteiger partial charge is 0.456 e. The average molecular weight is 685 g/mol. The highest BCUT2D eigenvalue weighted by atomic mass is 35.5. The molecule has 0 saturated carbocycles. The topological polar surface area (TPSA) is 161 Å². The predicted molar refractivity (Wildman–Crippen MR) is 182 cm³/mol. The molecule has 0 bridgehead atoms. The van der Waals surface area contributed by atoms with E-state index in [4.69, 9.17) is 25.8 Å². The van der Waals surface area contributed by atoms with Gasteiger partial charge in [-0.05, 0) is 83.5 Å². The van der Waals surface area contributed by atoms with Crippen molar-refractivity contribution in [2.24, 2.45) is 0 Å².